The zero-order valence-electron chi connectivity index (χ0n) is 25.7. The van der Waals surface area contributed by atoms with Crippen molar-refractivity contribution >= 4 is 51.6 Å². The highest BCUT2D eigenvalue weighted by atomic mass is 32.2. The van der Waals surface area contributed by atoms with Gasteiger partial charge in [-0.15, -0.1) is 23.1 Å². The highest BCUT2D eigenvalue weighted by Gasteiger charge is 2.31. The lowest BCUT2D eigenvalue weighted by atomic mass is 9.83. The summed E-state index contributed by atoms with van der Waals surface area (Å²) in [6, 6.07) is 22.9. The molecule has 1 aliphatic carbocycles. The van der Waals surface area contributed by atoms with Crippen LogP contribution in [-0.4, -0.2) is 44.4 Å². The summed E-state index contributed by atoms with van der Waals surface area (Å²) in [5.41, 5.74) is 3.59. The van der Waals surface area contributed by atoms with Gasteiger partial charge in [0.2, 0.25) is 5.91 Å². The molecule has 234 valence electrons. The van der Waals surface area contributed by atoms with Gasteiger partial charge in [-0.1, -0.05) is 49.4 Å². The molecule has 0 saturated heterocycles. The van der Waals surface area contributed by atoms with Crippen molar-refractivity contribution in [2.75, 3.05) is 32.0 Å². The first-order chi connectivity index (χ1) is 21.9. The standard InChI is InChI=1S/C35H36N2O6S2/c1-5-28(44-24-14-9-13-23(20-24)36-33(39)31-26(41-2)15-10-16-27(31)42-3)32(38)37-34-30(35(40)43-4)25-18-17-22(19-29(25)45-34)21-11-7-6-8-12-21/h6-16,20,22,28H,5,17-19H2,1-4H3,(H,36,39)(H,37,38). The van der Waals surface area contributed by atoms with Gasteiger partial charge in [-0.25, -0.2) is 4.79 Å². The van der Waals surface area contributed by atoms with Gasteiger partial charge in [-0.05, 0) is 73.1 Å². The minimum atomic E-state index is -0.438. The molecule has 2 amide bonds. The molecular formula is C35H36N2O6S2. The molecule has 0 spiro atoms. The Hall–Kier alpha value is -4.28. The molecule has 10 heteroatoms. The van der Waals surface area contributed by atoms with E-state index < -0.39 is 11.2 Å². The van der Waals surface area contributed by atoms with Crippen molar-refractivity contribution in [1.29, 1.82) is 0 Å². The molecular weight excluding hydrogens is 609 g/mol. The van der Waals surface area contributed by atoms with Crippen molar-refractivity contribution in [3.05, 3.63) is 99.9 Å². The van der Waals surface area contributed by atoms with E-state index in [0.717, 1.165) is 34.6 Å². The Morgan fingerprint density at radius 2 is 1.62 bits per heavy atom. The Labute approximate surface area is 271 Å². The fourth-order valence-electron chi connectivity index (χ4n) is 5.60. The molecule has 3 aromatic carbocycles. The molecule has 5 rings (SSSR count). The van der Waals surface area contributed by atoms with Gasteiger partial charge < -0.3 is 24.8 Å². The van der Waals surface area contributed by atoms with E-state index in [0.29, 0.717) is 45.7 Å². The number of methoxy groups -OCH3 is 3. The van der Waals surface area contributed by atoms with Crippen LogP contribution in [0.15, 0.2) is 77.7 Å². The Morgan fingerprint density at radius 3 is 2.29 bits per heavy atom. The number of nitrogens with one attached hydrogen (secondary N) is 2. The van der Waals surface area contributed by atoms with Crippen LogP contribution in [0.5, 0.6) is 11.5 Å². The maximum atomic E-state index is 13.6. The summed E-state index contributed by atoms with van der Waals surface area (Å²) >= 11 is 2.87. The molecule has 2 unspecified atom stereocenters. The molecule has 1 aliphatic rings. The predicted molar refractivity (Wildman–Crippen MR) is 179 cm³/mol. The van der Waals surface area contributed by atoms with Gasteiger partial charge in [0.15, 0.2) is 0 Å². The van der Waals surface area contributed by atoms with Crippen LogP contribution in [0.4, 0.5) is 10.7 Å². The lowest BCUT2D eigenvalue weighted by Gasteiger charge is -2.22. The molecule has 1 heterocycles. The van der Waals surface area contributed by atoms with Crippen LogP contribution in [0.3, 0.4) is 0 Å². The second-order valence-electron chi connectivity index (χ2n) is 10.6. The third kappa shape index (κ3) is 7.18. The van der Waals surface area contributed by atoms with Crippen molar-refractivity contribution in [3.63, 3.8) is 0 Å². The summed E-state index contributed by atoms with van der Waals surface area (Å²) in [6.07, 6.45) is 3.04. The quantitative estimate of drug-likeness (QED) is 0.128. The van der Waals surface area contributed by atoms with Gasteiger partial charge in [-0.2, -0.15) is 0 Å². The summed E-state index contributed by atoms with van der Waals surface area (Å²) in [4.78, 5) is 41.7. The van der Waals surface area contributed by atoms with Crippen molar-refractivity contribution in [3.8, 4) is 11.5 Å². The maximum Gasteiger partial charge on any atom is 0.341 e. The molecule has 2 N–H and O–H groups in total. The number of fused-ring (bicyclic) bond motifs is 1. The smallest absolute Gasteiger partial charge is 0.341 e. The van der Waals surface area contributed by atoms with Crippen molar-refractivity contribution in [2.24, 2.45) is 0 Å². The fraction of sp³-hybridized carbons (Fsp3) is 0.286. The molecule has 8 nitrogen and oxygen atoms in total. The molecule has 1 aromatic heterocycles. The minimum absolute atomic E-state index is 0.195. The number of esters is 1. The first-order valence-corrected chi connectivity index (χ1v) is 16.4. The zero-order chi connectivity index (χ0) is 31.9. The second-order valence-corrected chi connectivity index (χ2v) is 13.0. The molecule has 0 bridgehead atoms. The first kappa shape index (κ1) is 32.1. The average Bonchev–Trinajstić information content (AvgIpc) is 3.43. The monoisotopic (exact) mass is 644 g/mol. The lowest BCUT2D eigenvalue weighted by molar-refractivity contribution is -0.115. The highest BCUT2D eigenvalue weighted by molar-refractivity contribution is 8.00. The largest absolute Gasteiger partial charge is 0.496 e. The second kappa shape index (κ2) is 14.7. The van der Waals surface area contributed by atoms with Gasteiger partial charge in [-0.3, -0.25) is 9.59 Å². The van der Waals surface area contributed by atoms with Gasteiger partial charge in [0.1, 0.15) is 22.1 Å². The molecule has 0 saturated carbocycles. The summed E-state index contributed by atoms with van der Waals surface area (Å²) in [6.45, 7) is 1.95. The molecule has 0 aliphatic heterocycles. The maximum absolute atomic E-state index is 13.6. The van der Waals surface area contributed by atoms with Gasteiger partial charge in [0, 0.05) is 15.5 Å². The van der Waals surface area contributed by atoms with E-state index in [2.05, 4.69) is 34.9 Å². The highest BCUT2D eigenvalue weighted by Crippen LogP contribution is 2.43. The van der Waals surface area contributed by atoms with Crippen LogP contribution in [0.25, 0.3) is 0 Å². The predicted octanol–water partition coefficient (Wildman–Crippen LogP) is 7.59. The van der Waals surface area contributed by atoms with Gasteiger partial charge >= 0.3 is 5.97 Å². The van der Waals surface area contributed by atoms with Gasteiger partial charge in [0.05, 0.1) is 32.1 Å². The Balaban J connectivity index is 1.31. The number of hydrogen-bond acceptors (Lipinski definition) is 8. The van der Waals surface area contributed by atoms with E-state index in [1.54, 1.807) is 24.3 Å². The summed E-state index contributed by atoms with van der Waals surface area (Å²) in [5.74, 6) is 0.162. The number of rotatable bonds is 11. The van der Waals surface area contributed by atoms with E-state index in [9.17, 15) is 14.4 Å². The summed E-state index contributed by atoms with van der Waals surface area (Å²) < 4.78 is 15.9. The van der Waals surface area contributed by atoms with E-state index in [1.165, 1.54) is 50.0 Å². The minimum Gasteiger partial charge on any atom is -0.496 e. The van der Waals surface area contributed by atoms with E-state index in [1.807, 2.05) is 31.2 Å². The zero-order valence-corrected chi connectivity index (χ0v) is 27.3. The van der Waals surface area contributed by atoms with Crippen LogP contribution in [0.2, 0.25) is 0 Å². The normalized spacial score (nSPS) is 14.5. The Bertz CT molecular complexity index is 1660. The lowest BCUT2D eigenvalue weighted by Crippen LogP contribution is -2.25. The Morgan fingerprint density at radius 1 is 0.911 bits per heavy atom. The number of benzene rings is 3. The van der Waals surface area contributed by atoms with E-state index >= 15 is 0 Å². The number of amides is 2. The van der Waals surface area contributed by atoms with Crippen LogP contribution < -0.4 is 20.1 Å². The topological polar surface area (TPSA) is 103 Å². The average molecular weight is 645 g/mol. The third-order valence-corrected chi connectivity index (χ3v) is 10.4. The molecule has 0 radical (unpaired) electrons. The molecule has 0 fully saturated rings. The van der Waals surface area contributed by atoms with Crippen LogP contribution in [0.1, 0.15) is 62.4 Å². The van der Waals surface area contributed by atoms with Crippen LogP contribution >= 0.6 is 23.1 Å². The third-order valence-electron chi connectivity index (χ3n) is 7.85. The van der Waals surface area contributed by atoms with Crippen molar-refractivity contribution in [1.82, 2.24) is 0 Å². The summed E-state index contributed by atoms with van der Waals surface area (Å²) in [7, 11) is 4.37. The number of anilines is 2. The van der Waals surface area contributed by atoms with Crippen LogP contribution in [-0.2, 0) is 22.4 Å². The summed E-state index contributed by atoms with van der Waals surface area (Å²) in [5, 5.41) is 6.08. The number of thiophene rings is 1. The number of ether oxygens (including phenoxy) is 3. The van der Waals surface area contributed by atoms with E-state index in [4.69, 9.17) is 14.2 Å². The number of thioether (sulfide) groups is 1. The molecule has 45 heavy (non-hydrogen) atoms. The number of carbonyl (C=O) groups excluding carboxylic acids is 3. The van der Waals surface area contributed by atoms with E-state index in [-0.39, 0.29) is 11.8 Å². The van der Waals surface area contributed by atoms with Crippen LogP contribution in [0, 0.1) is 0 Å². The van der Waals surface area contributed by atoms with Gasteiger partial charge in [0.25, 0.3) is 5.91 Å². The fourth-order valence-corrected chi connectivity index (χ4v) is 7.93. The van der Waals surface area contributed by atoms with Crippen molar-refractivity contribution in [2.45, 2.75) is 48.7 Å². The Kier molecular flexibility index (Phi) is 10.5. The number of carbonyl (C=O) groups is 3. The molecule has 2 atom stereocenters. The first-order valence-electron chi connectivity index (χ1n) is 14.7. The SMILES string of the molecule is CCC(Sc1cccc(NC(=O)c2c(OC)cccc2OC)c1)C(=O)Nc1sc2c(c1C(=O)OC)CCC(c1ccccc1)C2. The van der Waals surface area contributed by atoms with Crippen molar-refractivity contribution < 1.29 is 28.6 Å². The molecule has 4 aromatic rings. The number of hydrogen-bond donors (Lipinski definition) is 2.